The van der Waals surface area contributed by atoms with Crippen molar-refractivity contribution in [2.75, 3.05) is 30.9 Å². The van der Waals surface area contributed by atoms with E-state index >= 15 is 0 Å². The molecule has 0 aliphatic heterocycles. The van der Waals surface area contributed by atoms with E-state index in [0.717, 1.165) is 0 Å². The lowest BCUT2D eigenvalue weighted by molar-refractivity contribution is 0.0975. The van der Waals surface area contributed by atoms with Crippen molar-refractivity contribution >= 4 is 29.0 Å². The van der Waals surface area contributed by atoms with Crippen LogP contribution in [0.15, 0.2) is 33.9 Å². The van der Waals surface area contributed by atoms with Crippen LogP contribution in [0.5, 0.6) is 0 Å². The van der Waals surface area contributed by atoms with E-state index in [1.54, 1.807) is 18.2 Å². The third kappa shape index (κ3) is 4.78. The molecule has 0 aliphatic carbocycles. The molecule has 1 heterocycles. The van der Waals surface area contributed by atoms with Crippen molar-refractivity contribution in [1.29, 1.82) is 0 Å². The molecule has 0 bridgehead atoms. The number of H-pyrrole nitrogens is 1. The Bertz CT molecular complexity index is 936. The zero-order valence-electron chi connectivity index (χ0n) is 15.5. The number of nitrogens with zero attached hydrogens (tertiary/aromatic N) is 2. The van der Waals surface area contributed by atoms with Crippen molar-refractivity contribution in [2.24, 2.45) is 5.92 Å². The first-order valence-corrected chi connectivity index (χ1v) is 8.83. The lowest BCUT2D eigenvalue weighted by Crippen LogP contribution is -2.42. The minimum atomic E-state index is -0.732. The highest BCUT2D eigenvalue weighted by Gasteiger charge is 2.25. The number of halogens is 1. The number of aromatic amines is 1. The van der Waals surface area contributed by atoms with Crippen molar-refractivity contribution in [3.05, 3.63) is 55.7 Å². The normalized spacial score (nSPS) is 11.0. The van der Waals surface area contributed by atoms with E-state index in [-0.39, 0.29) is 30.6 Å². The van der Waals surface area contributed by atoms with Gasteiger partial charge in [0.2, 0.25) is 0 Å². The number of amides is 1. The number of methoxy groups -OCH3 is 1. The SMILES string of the molecule is COCCN(C(=O)c1cccc(Cl)c1)c1c(N)n(CC(C)C)c(=O)[nH]c1=O. The van der Waals surface area contributed by atoms with E-state index in [9.17, 15) is 14.4 Å². The van der Waals surface area contributed by atoms with Gasteiger partial charge in [0.05, 0.1) is 6.61 Å². The average Bonchev–Trinajstić information content (AvgIpc) is 2.60. The minimum Gasteiger partial charge on any atom is -0.383 e. The highest BCUT2D eigenvalue weighted by Crippen LogP contribution is 2.21. The van der Waals surface area contributed by atoms with Crippen LogP contribution in [0.25, 0.3) is 0 Å². The maximum atomic E-state index is 13.0. The van der Waals surface area contributed by atoms with Gasteiger partial charge in [0.15, 0.2) is 5.69 Å². The van der Waals surface area contributed by atoms with Crippen LogP contribution in [0.4, 0.5) is 11.5 Å². The summed E-state index contributed by atoms with van der Waals surface area (Å²) in [5, 5.41) is 0.388. The third-order valence-electron chi connectivity index (χ3n) is 3.87. The summed E-state index contributed by atoms with van der Waals surface area (Å²) in [4.78, 5) is 41.1. The number of carbonyl (C=O) groups excluding carboxylic acids is 1. The number of nitrogens with one attached hydrogen (secondary N) is 1. The molecule has 0 unspecified atom stereocenters. The number of ether oxygens (including phenoxy) is 1. The molecule has 1 aromatic heterocycles. The van der Waals surface area contributed by atoms with Crippen LogP contribution in [-0.2, 0) is 11.3 Å². The van der Waals surface area contributed by atoms with Gasteiger partial charge in [-0.25, -0.2) is 4.79 Å². The summed E-state index contributed by atoms with van der Waals surface area (Å²) >= 11 is 5.98. The number of hydrogen-bond acceptors (Lipinski definition) is 5. The summed E-state index contributed by atoms with van der Waals surface area (Å²) in [6, 6.07) is 6.36. The van der Waals surface area contributed by atoms with Gasteiger partial charge in [-0.2, -0.15) is 0 Å². The van der Waals surface area contributed by atoms with Gasteiger partial charge in [0.1, 0.15) is 5.82 Å². The van der Waals surface area contributed by atoms with Crippen LogP contribution in [0.2, 0.25) is 5.02 Å². The van der Waals surface area contributed by atoms with Crippen molar-refractivity contribution in [1.82, 2.24) is 9.55 Å². The molecule has 146 valence electrons. The molecule has 0 saturated carbocycles. The maximum Gasteiger partial charge on any atom is 0.330 e. The van der Waals surface area contributed by atoms with Crippen LogP contribution >= 0.6 is 11.6 Å². The van der Waals surface area contributed by atoms with Gasteiger partial charge in [-0.05, 0) is 24.1 Å². The molecule has 0 atom stereocenters. The quantitative estimate of drug-likeness (QED) is 0.742. The van der Waals surface area contributed by atoms with Crippen LogP contribution in [0.3, 0.4) is 0 Å². The van der Waals surface area contributed by atoms with Crippen molar-refractivity contribution in [2.45, 2.75) is 20.4 Å². The molecule has 2 aromatic rings. The molecule has 1 amide bonds. The van der Waals surface area contributed by atoms with E-state index in [1.165, 1.54) is 22.6 Å². The Balaban J connectivity index is 2.61. The molecule has 0 fully saturated rings. The predicted octanol–water partition coefficient (Wildman–Crippen LogP) is 1.72. The number of carbonyl (C=O) groups is 1. The first-order valence-electron chi connectivity index (χ1n) is 8.45. The second-order valence-electron chi connectivity index (χ2n) is 6.46. The number of aromatic nitrogens is 2. The molecule has 9 heteroatoms. The zero-order valence-corrected chi connectivity index (χ0v) is 16.2. The van der Waals surface area contributed by atoms with Crippen LogP contribution in [0.1, 0.15) is 24.2 Å². The van der Waals surface area contributed by atoms with E-state index in [4.69, 9.17) is 22.1 Å². The summed E-state index contributed by atoms with van der Waals surface area (Å²) in [6.07, 6.45) is 0. The highest BCUT2D eigenvalue weighted by molar-refractivity contribution is 6.31. The molecule has 27 heavy (non-hydrogen) atoms. The summed E-state index contributed by atoms with van der Waals surface area (Å²) in [5.74, 6) is -0.426. The number of nitrogens with two attached hydrogens (primary N) is 1. The topological polar surface area (TPSA) is 110 Å². The van der Waals surface area contributed by atoms with Crippen LogP contribution in [0, 0.1) is 5.92 Å². The number of hydrogen-bond donors (Lipinski definition) is 2. The monoisotopic (exact) mass is 394 g/mol. The third-order valence-corrected chi connectivity index (χ3v) is 4.10. The second-order valence-corrected chi connectivity index (χ2v) is 6.89. The van der Waals surface area contributed by atoms with E-state index in [0.29, 0.717) is 17.1 Å². The lowest BCUT2D eigenvalue weighted by Gasteiger charge is -2.24. The summed E-state index contributed by atoms with van der Waals surface area (Å²) in [5.41, 5.74) is 4.99. The Morgan fingerprint density at radius 2 is 2.07 bits per heavy atom. The fraction of sp³-hybridized carbons (Fsp3) is 0.389. The first-order chi connectivity index (χ1) is 12.8. The highest BCUT2D eigenvalue weighted by atomic mass is 35.5. The fourth-order valence-electron chi connectivity index (χ4n) is 2.66. The van der Waals surface area contributed by atoms with Gasteiger partial charge in [-0.15, -0.1) is 0 Å². The Hall–Kier alpha value is -2.58. The van der Waals surface area contributed by atoms with Crippen molar-refractivity contribution in [3.63, 3.8) is 0 Å². The molecule has 0 spiro atoms. The number of nitrogen functional groups attached to an aromatic ring is 1. The molecule has 3 N–H and O–H groups in total. The molecule has 0 radical (unpaired) electrons. The Labute approximate surface area is 161 Å². The maximum absolute atomic E-state index is 13.0. The molecular formula is C18H23ClN4O4. The van der Waals surface area contributed by atoms with Crippen LogP contribution < -0.4 is 21.9 Å². The molecule has 2 rings (SSSR count). The summed E-state index contributed by atoms with van der Waals surface area (Å²) in [7, 11) is 1.48. The minimum absolute atomic E-state index is 0.0658. The van der Waals surface area contributed by atoms with Gasteiger partial charge in [0, 0.05) is 30.8 Å². The van der Waals surface area contributed by atoms with Crippen LogP contribution in [-0.4, -0.2) is 35.7 Å². The van der Waals surface area contributed by atoms with Gasteiger partial charge < -0.3 is 10.5 Å². The smallest absolute Gasteiger partial charge is 0.330 e. The molecule has 8 nitrogen and oxygen atoms in total. The van der Waals surface area contributed by atoms with Crippen molar-refractivity contribution < 1.29 is 9.53 Å². The Kier molecular flexibility index (Phi) is 6.81. The summed E-state index contributed by atoms with van der Waals surface area (Å²) < 4.78 is 6.32. The number of anilines is 2. The zero-order chi connectivity index (χ0) is 20.1. The predicted molar refractivity (Wildman–Crippen MR) is 106 cm³/mol. The Morgan fingerprint density at radius 1 is 1.37 bits per heavy atom. The van der Waals surface area contributed by atoms with Gasteiger partial charge >= 0.3 is 5.69 Å². The number of rotatable bonds is 7. The molecule has 0 aliphatic rings. The van der Waals surface area contributed by atoms with E-state index in [1.807, 2.05) is 13.8 Å². The first kappa shape index (κ1) is 20.7. The number of benzene rings is 1. The summed E-state index contributed by atoms with van der Waals surface area (Å²) in [6.45, 7) is 4.38. The molecular weight excluding hydrogens is 372 g/mol. The second kappa shape index (κ2) is 8.88. The molecule has 1 aromatic carbocycles. The van der Waals surface area contributed by atoms with Gasteiger partial charge in [-0.3, -0.25) is 24.0 Å². The van der Waals surface area contributed by atoms with Crippen molar-refractivity contribution in [3.8, 4) is 0 Å². The van der Waals surface area contributed by atoms with E-state index in [2.05, 4.69) is 4.98 Å². The largest absolute Gasteiger partial charge is 0.383 e. The molecule has 0 saturated heterocycles. The van der Waals surface area contributed by atoms with Gasteiger partial charge in [-0.1, -0.05) is 31.5 Å². The standard InChI is InChI=1S/C18H23ClN4O4/c1-11(2)10-23-15(20)14(16(24)21-18(23)26)22(7-8-27-3)17(25)12-5-4-6-13(19)9-12/h4-6,9,11H,7-8,10,20H2,1-3H3,(H,21,24,26). The Morgan fingerprint density at radius 3 is 2.67 bits per heavy atom. The average molecular weight is 395 g/mol. The lowest BCUT2D eigenvalue weighted by atomic mass is 10.2. The van der Waals surface area contributed by atoms with E-state index < -0.39 is 17.2 Å². The fourth-order valence-corrected chi connectivity index (χ4v) is 2.85. The van der Waals surface area contributed by atoms with Gasteiger partial charge in [0.25, 0.3) is 11.5 Å².